The highest BCUT2D eigenvalue weighted by Gasteiger charge is 2.13. The zero-order chi connectivity index (χ0) is 21.8. The van der Waals surface area contributed by atoms with Crippen molar-refractivity contribution in [3.05, 3.63) is 35.4 Å². The molecule has 0 aliphatic heterocycles. The molecule has 2 N–H and O–H groups in total. The van der Waals surface area contributed by atoms with Crippen LogP contribution in [0.3, 0.4) is 0 Å². The van der Waals surface area contributed by atoms with Crippen molar-refractivity contribution in [3.63, 3.8) is 0 Å². The molecule has 1 aliphatic carbocycles. The van der Waals surface area contributed by atoms with E-state index in [2.05, 4.69) is 62.6 Å². The number of carbonyl (C=O) groups is 2. The molecule has 28 heavy (non-hydrogen) atoms. The molecule has 4 heteroatoms. The third-order valence-electron chi connectivity index (χ3n) is 4.81. The molecule has 2 rings (SSSR count). The molecule has 0 heterocycles. The van der Waals surface area contributed by atoms with Crippen molar-refractivity contribution < 1.29 is 9.59 Å². The first-order valence-corrected chi connectivity index (χ1v) is 10.5. The molecule has 0 saturated heterocycles. The summed E-state index contributed by atoms with van der Waals surface area (Å²) in [7, 11) is 2.02. The van der Waals surface area contributed by atoms with Gasteiger partial charge in [-0.3, -0.25) is 0 Å². The van der Waals surface area contributed by atoms with E-state index < -0.39 is 0 Å². The van der Waals surface area contributed by atoms with Crippen LogP contribution in [0, 0.1) is 6.92 Å². The predicted octanol–water partition coefficient (Wildman–Crippen LogP) is 4.83. The van der Waals surface area contributed by atoms with Crippen LogP contribution in [0.1, 0.15) is 76.8 Å². The summed E-state index contributed by atoms with van der Waals surface area (Å²) in [6.07, 6.45) is 9.74. The van der Waals surface area contributed by atoms with Gasteiger partial charge in [0, 0.05) is 6.04 Å². The summed E-state index contributed by atoms with van der Waals surface area (Å²) >= 11 is 0. The molecule has 0 unspecified atom stereocenters. The fraction of sp³-hybridized carbons (Fsp3) is 0.667. The highest BCUT2D eigenvalue weighted by molar-refractivity contribution is 5.26. The minimum Gasteiger partial charge on any atom is -0.320 e. The molecule has 1 aromatic rings. The summed E-state index contributed by atoms with van der Waals surface area (Å²) in [6.45, 7) is 15.2. The lowest BCUT2D eigenvalue weighted by molar-refractivity contribution is -0.0987. The number of rotatable bonds is 7. The Labute approximate surface area is 173 Å². The molecular formula is C24H44N2O2. The van der Waals surface area contributed by atoms with E-state index in [4.69, 9.17) is 9.59 Å². The fourth-order valence-electron chi connectivity index (χ4n) is 3.09. The Hall–Kier alpha value is -1.52. The molecule has 1 saturated carbocycles. The van der Waals surface area contributed by atoms with Crippen LogP contribution in [0.25, 0.3) is 0 Å². The third-order valence-corrected chi connectivity index (χ3v) is 4.81. The van der Waals surface area contributed by atoms with Gasteiger partial charge in [0.15, 0.2) is 0 Å². The lowest BCUT2D eigenvalue weighted by Gasteiger charge is -2.18. The second kappa shape index (κ2) is 18.8. The molecule has 0 atom stereocenters. The van der Waals surface area contributed by atoms with Gasteiger partial charge in [-0.2, -0.15) is 0 Å². The number of nitrogens with one attached hydrogen (secondary N) is 2. The van der Waals surface area contributed by atoms with Gasteiger partial charge in [-0.15, -0.1) is 0 Å². The number of carbonyl (C=O) groups excluding carboxylic acids is 2. The summed E-state index contributed by atoms with van der Waals surface area (Å²) in [4.78, 5) is 16.0. The zero-order valence-electron chi connectivity index (χ0n) is 19.0. The first-order valence-electron chi connectivity index (χ1n) is 10.5. The average molecular weight is 393 g/mol. The summed E-state index contributed by atoms with van der Waals surface area (Å²) in [5.74, 6) is 0. The average Bonchev–Trinajstić information content (AvgIpc) is 3.21. The Balaban J connectivity index is 0. The Bertz CT molecular complexity index is 447. The van der Waals surface area contributed by atoms with E-state index in [-0.39, 0.29) is 5.41 Å². The van der Waals surface area contributed by atoms with Gasteiger partial charge >= 0.3 is 0 Å². The first-order chi connectivity index (χ1) is 13.4. The van der Waals surface area contributed by atoms with Crippen LogP contribution in [-0.2, 0) is 15.0 Å². The molecule has 0 aromatic heterocycles. The smallest absolute Gasteiger partial charge is 0.106 e. The molecule has 1 aliphatic rings. The van der Waals surface area contributed by atoms with E-state index in [9.17, 15) is 0 Å². The standard InChI is InChI=1S/C11H24N2.C11H16.2CH2O/c1-12-9-5-2-6-10-13-11-7-3-4-8-11;1-9-5-7-10(8-6-9)11(2,3)4;2*1-2/h11-13H,2-10H2,1H3;5-8H,1-4H3;2*1H2. The molecule has 0 spiro atoms. The van der Waals surface area contributed by atoms with Gasteiger partial charge in [0.05, 0.1) is 0 Å². The summed E-state index contributed by atoms with van der Waals surface area (Å²) < 4.78 is 0. The fourth-order valence-corrected chi connectivity index (χ4v) is 3.09. The number of hydrogen-bond acceptors (Lipinski definition) is 4. The molecule has 0 bridgehead atoms. The Kier molecular flexibility index (Phi) is 19.3. The van der Waals surface area contributed by atoms with Crippen LogP contribution < -0.4 is 10.6 Å². The van der Waals surface area contributed by atoms with Crippen molar-refractivity contribution in [2.24, 2.45) is 0 Å². The quantitative estimate of drug-likeness (QED) is 0.653. The van der Waals surface area contributed by atoms with Gasteiger partial charge in [0.1, 0.15) is 13.6 Å². The van der Waals surface area contributed by atoms with Gasteiger partial charge in [0.2, 0.25) is 0 Å². The minimum atomic E-state index is 0.285. The van der Waals surface area contributed by atoms with Gasteiger partial charge in [-0.1, -0.05) is 69.9 Å². The SMILES string of the molecule is C=O.C=O.CNCCCCCNC1CCCC1.Cc1ccc(C(C)(C)C)cc1. The second-order valence-corrected chi connectivity index (χ2v) is 8.22. The second-order valence-electron chi connectivity index (χ2n) is 8.22. The molecule has 0 amide bonds. The van der Waals surface area contributed by atoms with Crippen molar-refractivity contribution in [1.29, 1.82) is 0 Å². The maximum atomic E-state index is 8.00. The normalized spacial score (nSPS) is 13.3. The number of hydrogen-bond donors (Lipinski definition) is 2. The lowest BCUT2D eigenvalue weighted by atomic mass is 9.87. The first kappa shape index (κ1) is 28.7. The number of aryl methyl sites for hydroxylation is 1. The largest absolute Gasteiger partial charge is 0.320 e. The van der Waals surface area contributed by atoms with E-state index >= 15 is 0 Å². The van der Waals surface area contributed by atoms with Crippen molar-refractivity contribution in [1.82, 2.24) is 10.6 Å². The van der Waals surface area contributed by atoms with Crippen molar-refractivity contribution >= 4 is 13.6 Å². The van der Waals surface area contributed by atoms with Crippen LogP contribution >= 0.6 is 0 Å². The number of unbranched alkanes of at least 4 members (excludes halogenated alkanes) is 2. The Morgan fingerprint density at radius 2 is 1.39 bits per heavy atom. The maximum Gasteiger partial charge on any atom is 0.106 e. The van der Waals surface area contributed by atoms with Crippen molar-refractivity contribution in [2.45, 2.75) is 84.1 Å². The molecule has 4 nitrogen and oxygen atoms in total. The lowest BCUT2D eigenvalue weighted by Crippen LogP contribution is -2.26. The van der Waals surface area contributed by atoms with E-state index in [1.54, 1.807) is 0 Å². The zero-order valence-corrected chi connectivity index (χ0v) is 19.0. The summed E-state index contributed by atoms with van der Waals surface area (Å²) in [5.41, 5.74) is 3.02. The number of benzene rings is 1. The highest BCUT2D eigenvalue weighted by Crippen LogP contribution is 2.21. The van der Waals surface area contributed by atoms with Crippen LogP contribution in [0.4, 0.5) is 0 Å². The van der Waals surface area contributed by atoms with Crippen LogP contribution in [-0.4, -0.2) is 39.8 Å². The van der Waals surface area contributed by atoms with Gasteiger partial charge in [-0.25, -0.2) is 0 Å². The molecule has 162 valence electrons. The molecule has 0 radical (unpaired) electrons. The summed E-state index contributed by atoms with van der Waals surface area (Å²) in [5, 5.41) is 6.82. The van der Waals surface area contributed by atoms with Gasteiger partial charge in [0.25, 0.3) is 0 Å². The van der Waals surface area contributed by atoms with E-state index in [1.807, 2.05) is 20.6 Å². The summed E-state index contributed by atoms with van der Waals surface area (Å²) in [6, 6.07) is 9.59. The molecule has 1 fully saturated rings. The van der Waals surface area contributed by atoms with Gasteiger partial charge in [-0.05, 0) is 63.7 Å². The minimum absolute atomic E-state index is 0.285. The van der Waals surface area contributed by atoms with Crippen LogP contribution in [0.15, 0.2) is 24.3 Å². The molecule has 1 aromatic carbocycles. The topological polar surface area (TPSA) is 58.2 Å². The van der Waals surface area contributed by atoms with Crippen molar-refractivity contribution in [3.8, 4) is 0 Å². The predicted molar refractivity (Wildman–Crippen MR) is 122 cm³/mol. The van der Waals surface area contributed by atoms with E-state index in [0.717, 1.165) is 6.04 Å². The highest BCUT2D eigenvalue weighted by atomic mass is 16.1. The van der Waals surface area contributed by atoms with E-state index in [0.29, 0.717) is 0 Å². The Morgan fingerprint density at radius 3 is 1.86 bits per heavy atom. The van der Waals surface area contributed by atoms with Crippen LogP contribution in [0.5, 0.6) is 0 Å². The third kappa shape index (κ3) is 15.5. The van der Waals surface area contributed by atoms with Gasteiger partial charge < -0.3 is 20.2 Å². The maximum absolute atomic E-state index is 8.00. The van der Waals surface area contributed by atoms with E-state index in [1.165, 1.54) is 69.2 Å². The Morgan fingerprint density at radius 1 is 0.893 bits per heavy atom. The monoisotopic (exact) mass is 392 g/mol. The molecular weight excluding hydrogens is 348 g/mol. The van der Waals surface area contributed by atoms with Crippen LogP contribution in [0.2, 0.25) is 0 Å². The van der Waals surface area contributed by atoms with Crippen molar-refractivity contribution in [2.75, 3.05) is 20.1 Å².